The largest absolute Gasteiger partial charge is 0.444 e. The molecule has 1 unspecified atom stereocenters. The lowest BCUT2D eigenvalue weighted by atomic mass is 9.98. The van der Waals surface area contributed by atoms with Crippen molar-refractivity contribution in [3.63, 3.8) is 0 Å². The highest BCUT2D eigenvalue weighted by Gasteiger charge is 2.34. The van der Waals surface area contributed by atoms with Crippen molar-refractivity contribution in [2.45, 2.75) is 64.4 Å². The standard InChI is InChI=1S/C23H31N3O3/c1-23(2,3)29-22(28)25-14-12-18(15-25)19-11-10-16-9-6-13-26(20(16)24-19)21(27)17-7-4-5-8-17/h4-5,10-11,17-18H,6-9,12-15H2,1-3H3. The molecule has 6 heteroatoms. The predicted molar refractivity (Wildman–Crippen MR) is 112 cm³/mol. The van der Waals surface area contributed by atoms with Crippen molar-refractivity contribution < 1.29 is 14.3 Å². The third-order valence-electron chi connectivity index (χ3n) is 5.94. The second kappa shape index (κ2) is 7.81. The van der Waals surface area contributed by atoms with Crippen LogP contribution in [0, 0.1) is 5.92 Å². The maximum absolute atomic E-state index is 13.0. The molecule has 0 N–H and O–H groups in total. The molecule has 2 aliphatic heterocycles. The van der Waals surface area contributed by atoms with E-state index in [1.54, 1.807) is 4.90 Å². The zero-order valence-corrected chi connectivity index (χ0v) is 17.7. The normalized spacial score (nSPS) is 22.1. The third kappa shape index (κ3) is 4.31. The van der Waals surface area contributed by atoms with Gasteiger partial charge in [0.25, 0.3) is 0 Å². The van der Waals surface area contributed by atoms with Gasteiger partial charge in [-0.15, -0.1) is 0 Å². The van der Waals surface area contributed by atoms with Crippen molar-refractivity contribution >= 4 is 17.8 Å². The number of likely N-dealkylation sites (tertiary alicyclic amines) is 1. The molecule has 1 aromatic rings. The molecule has 156 valence electrons. The van der Waals surface area contributed by atoms with Crippen molar-refractivity contribution in [3.8, 4) is 0 Å². The zero-order chi connectivity index (χ0) is 20.6. The van der Waals surface area contributed by atoms with Crippen molar-refractivity contribution in [2.75, 3.05) is 24.5 Å². The number of hydrogen-bond acceptors (Lipinski definition) is 4. The smallest absolute Gasteiger partial charge is 0.410 e. The Hall–Kier alpha value is -2.37. The van der Waals surface area contributed by atoms with Crippen molar-refractivity contribution in [2.24, 2.45) is 5.92 Å². The molecule has 1 aliphatic carbocycles. The minimum atomic E-state index is -0.491. The summed E-state index contributed by atoms with van der Waals surface area (Å²) in [5, 5.41) is 0. The van der Waals surface area contributed by atoms with Gasteiger partial charge in [0.2, 0.25) is 5.91 Å². The molecule has 3 heterocycles. The van der Waals surface area contributed by atoms with Crippen LogP contribution >= 0.6 is 0 Å². The van der Waals surface area contributed by atoms with Gasteiger partial charge in [-0.3, -0.25) is 9.69 Å². The molecule has 0 aromatic carbocycles. The van der Waals surface area contributed by atoms with Crippen LogP contribution in [-0.2, 0) is 16.0 Å². The third-order valence-corrected chi connectivity index (χ3v) is 5.94. The van der Waals surface area contributed by atoms with Gasteiger partial charge in [0.05, 0.1) is 0 Å². The summed E-state index contributed by atoms with van der Waals surface area (Å²) in [5.74, 6) is 1.27. The first kappa shape index (κ1) is 19.9. The predicted octanol–water partition coefficient (Wildman–Crippen LogP) is 4.05. The summed E-state index contributed by atoms with van der Waals surface area (Å²) in [5.41, 5.74) is 1.63. The van der Waals surface area contributed by atoms with Gasteiger partial charge in [-0.1, -0.05) is 18.2 Å². The Labute approximate surface area is 172 Å². The van der Waals surface area contributed by atoms with Gasteiger partial charge >= 0.3 is 6.09 Å². The van der Waals surface area contributed by atoms with Gasteiger partial charge in [-0.25, -0.2) is 9.78 Å². The quantitative estimate of drug-likeness (QED) is 0.706. The fraction of sp³-hybridized carbons (Fsp3) is 0.609. The van der Waals surface area contributed by atoms with Crippen LogP contribution in [0.1, 0.15) is 63.6 Å². The Morgan fingerprint density at radius 3 is 2.62 bits per heavy atom. The molecule has 3 aliphatic rings. The number of allylic oxidation sites excluding steroid dienone is 2. The second-order valence-corrected chi connectivity index (χ2v) is 9.36. The number of amides is 2. The number of aryl methyl sites for hydroxylation is 1. The zero-order valence-electron chi connectivity index (χ0n) is 17.7. The molecule has 2 amide bonds. The van der Waals surface area contributed by atoms with Crippen LogP contribution in [0.3, 0.4) is 0 Å². The lowest BCUT2D eigenvalue weighted by Crippen LogP contribution is -2.40. The molecule has 29 heavy (non-hydrogen) atoms. The van der Waals surface area contributed by atoms with Crippen molar-refractivity contribution in [1.82, 2.24) is 9.88 Å². The molecule has 6 nitrogen and oxygen atoms in total. The Balaban J connectivity index is 1.50. The van der Waals surface area contributed by atoms with Gasteiger partial charge in [0.15, 0.2) is 0 Å². The summed E-state index contributed by atoms with van der Waals surface area (Å²) < 4.78 is 5.51. The van der Waals surface area contributed by atoms with Crippen LogP contribution in [0.25, 0.3) is 0 Å². The van der Waals surface area contributed by atoms with Gasteiger partial charge < -0.3 is 9.64 Å². The van der Waals surface area contributed by atoms with Crippen LogP contribution in [-0.4, -0.2) is 47.1 Å². The average Bonchev–Trinajstić information content (AvgIpc) is 3.37. The summed E-state index contributed by atoms with van der Waals surface area (Å²) in [7, 11) is 0. The van der Waals surface area contributed by atoms with E-state index in [1.165, 1.54) is 0 Å². The van der Waals surface area contributed by atoms with Gasteiger partial charge in [-0.05, 0) is 64.5 Å². The summed E-state index contributed by atoms with van der Waals surface area (Å²) in [4.78, 5) is 34.0. The second-order valence-electron chi connectivity index (χ2n) is 9.36. The molecule has 0 bridgehead atoms. The molecule has 1 aromatic heterocycles. The van der Waals surface area contributed by atoms with Gasteiger partial charge in [0, 0.05) is 37.2 Å². The molecule has 1 atom stereocenters. The molecule has 0 spiro atoms. The summed E-state index contributed by atoms with van der Waals surface area (Å²) in [6.45, 7) is 7.68. The maximum Gasteiger partial charge on any atom is 0.410 e. The van der Waals surface area contributed by atoms with Crippen molar-refractivity contribution in [3.05, 3.63) is 35.5 Å². The Kier molecular flexibility index (Phi) is 5.36. The molecule has 0 radical (unpaired) electrons. The fourth-order valence-corrected chi connectivity index (χ4v) is 4.43. The van der Waals surface area contributed by atoms with Crippen LogP contribution in [0.2, 0.25) is 0 Å². The highest BCUT2D eigenvalue weighted by molar-refractivity contribution is 5.95. The molecule has 4 rings (SSSR count). The van der Waals surface area contributed by atoms with E-state index in [2.05, 4.69) is 24.3 Å². The Bertz CT molecular complexity index is 819. The highest BCUT2D eigenvalue weighted by Crippen LogP contribution is 2.33. The van der Waals surface area contributed by atoms with Crippen LogP contribution in [0.4, 0.5) is 10.6 Å². The van der Waals surface area contributed by atoms with Crippen LogP contribution in [0.5, 0.6) is 0 Å². The monoisotopic (exact) mass is 397 g/mol. The number of aromatic nitrogens is 1. The van der Waals surface area contributed by atoms with E-state index in [4.69, 9.17) is 9.72 Å². The minimum Gasteiger partial charge on any atom is -0.444 e. The first-order chi connectivity index (χ1) is 13.8. The van der Waals surface area contributed by atoms with E-state index >= 15 is 0 Å². The van der Waals surface area contributed by atoms with E-state index in [0.717, 1.165) is 55.7 Å². The van der Waals surface area contributed by atoms with E-state index in [0.29, 0.717) is 13.1 Å². The minimum absolute atomic E-state index is 0.0561. The number of rotatable bonds is 2. The van der Waals surface area contributed by atoms with E-state index in [-0.39, 0.29) is 23.8 Å². The van der Waals surface area contributed by atoms with E-state index in [9.17, 15) is 9.59 Å². The average molecular weight is 398 g/mol. The number of carbonyl (C=O) groups is 2. The summed E-state index contributed by atoms with van der Waals surface area (Å²) >= 11 is 0. The number of anilines is 1. The van der Waals surface area contributed by atoms with Crippen molar-refractivity contribution in [1.29, 1.82) is 0 Å². The lowest BCUT2D eigenvalue weighted by molar-refractivity contribution is -0.122. The first-order valence-corrected chi connectivity index (χ1v) is 10.8. The number of pyridine rings is 1. The van der Waals surface area contributed by atoms with E-state index < -0.39 is 5.60 Å². The number of carbonyl (C=O) groups excluding carboxylic acids is 2. The van der Waals surface area contributed by atoms with Crippen LogP contribution in [0.15, 0.2) is 24.3 Å². The SMILES string of the molecule is CC(C)(C)OC(=O)N1CCC(c2ccc3c(n2)N(C(=O)C2CC=CC2)CCC3)C1. The number of fused-ring (bicyclic) bond motifs is 1. The maximum atomic E-state index is 13.0. The molecule has 1 fully saturated rings. The van der Waals surface area contributed by atoms with Gasteiger partial charge in [-0.2, -0.15) is 0 Å². The summed E-state index contributed by atoms with van der Waals surface area (Å²) in [6.07, 6.45) is 8.41. The Morgan fingerprint density at radius 2 is 1.90 bits per heavy atom. The highest BCUT2D eigenvalue weighted by atomic mass is 16.6. The Morgan fingerprint density at radius 1 is 1.14 bits per heavy atom. The summed E-state index contributed by atoms with van der Waals surface area (Å²) in [6, 6.07) is 4.20. The number of nitrogens with zero attached hydrogens (tertiary/aromatic N) is 3. The molecular formula is C23H31N3O3. The van der Waals surface area contributed by atoms with Crippen LogP contribution < -0.4 is 4.90 Å². The molecular weight excluding hydrogens is 366 g/mol. The lowest BCUT2D eigenvalue weighted by Gasteiger charge is -2.31. The number of hydrogen-bond donors (Lipinski definition) is 0. The topological polar surface area (TPSA) is 62.7 Å². The first-order valence-electron chi connectivity index (χ1n) is 10.8. The number of ether oxygens (including phenoxy) is 1. The fourth-order valence-electron chi connectivity index (χ4n) is 4.43. The van der Waals surface area contributed by atoms with E-state index in [1.807, 2.05) is 25.7 Å². The van der Waals surface area contributed by atoms with Gasteiger partial charge in [0.1, 0.15) is 11.4 Å². The molecule has 0 saturated carbocycles. The molecule has 1 saturated heterocycles.